The largest absolute Gasteiger partial charge is 0.475 e. The fourth-order valence-corrected chi connectivity index (χ4v) is 1.60. The predicted octanol–water partition coefficient (Wildman–Crippen LogP) is 3.83. The zero-order valence-corrected chi connectivity index (χ0v) is 12.0. The van der Waals surface area contributed by atoms with Crippen molar-refractivity contribution in [2.75, 3.05) is 5.33 Å². The molecule has 0 aliphatic heterocycles. The molecule has 0 aromatic carbocycles. The van der Waals surface area contributed by atoms with E-state index < -0.39 is 0 Å². The maximum absolute atomic E-state index is 5.58. The average Bonchev–Trinajstić information content (AvgIpc) is 2.16. The Morgan fingerprint density at radius 3 is 2.62 bits per heavy atom. The van der Waals surface area contributed by atoms with Crippen LogP contribution in [0.2, 0.25) is 0 Å². The minimum absolute atomic E-state index is 0.173. The first-order valence-corrected chi connectivity index (χ1v) is 6.74. The highest BCUT2D eigenvalue weighted by atomic mass is 79.9. The highest BCUT2D eigenvalue weighted by Gasteiger charge is 2.17. The SMILES string of the molecule is CC(C)Oc1cccc(CC(C)(C)CBr)n1. The monoisotopic (exact) mass is 285 g/mol. The molecule has 0 amide bonds. The van der Waals surface area contributed by atoms with E-state index in [2.05, 4.69) is 40.8 Å². The van der Waals surface area contributed by atoms with E-state index in [9.17, 15) is 0 Å². The quantitative estimate of drug-likeness (QED) is 0.767. The summed E-state index contributed by atoms with van der Waals surface area (Å²) in [6.45, 7) is 8.46. The van der Waals surface area contributed by atoms with Gasteiger partial charge in [0, 0.05) is 17.1 Å². The van der Waals surface area contributed by atoms with Crippen molar-refractivity contribution < 1.29 is 4.74 Å². The molecule has 0 fully saturated rings. The van der Waals surface area contributed by atoms with Gasteiger partial charge in [0.15, 0.2) is 0 Å². The molecular weight excluding hydrogens is 266 g/mol. The first-order chi connectivity index (χ1) is 7.43. The molecule has 0 saturated heterocycles. The van der Waals surface area contributed by atoms with E-state index in [0.717, 1.165) is 23.3 Å². The lowest BCUT2D eigenvalue weighted by Crippen LogP contribution is -2.17. The van der Waals surface area contributed by atoms with Crippen molar-refractivity contribution >= 4 is 15.9 Å². The molecular formula is C13H20BrNO. The molecule has 0 saturated carbocycles. The van der Waals surface area contributed by atoms with Crippen molar-refractivity contribution in [2.24, 2.45) is 5.41 Å². The summed E-state index contributed by atoms with van der Waals surface area (Å²) >= 11 is 3.53. The molecule has 1 aromatic rings. The number of nitrogens with zero attached hydrogens (tertiary/aromatic N) is 1. The van der Waals surface area contributed by atoms with Crippen molar-refractivity contribution in [1.82, 2.24) is 4.98 Å². The summed E-state index contributed by atoms with van der Waals surface area (Å²) < 4.78 is 5.58. The Morgan fingerprint density at radius 1 is 1.38 bits per heavy atom. The molecule has 0 spiro atoms. The number of alkyl halides is 1. The summed E-state index contributed by atoms with van der Waals surface area (Å²) in [5.74, 6) is 0.720. The summed E-state index contributed by atoms with van der Waals surface area (Å²) in [4.78, 5) is 4.50. The van der Waals surface area contributed by atoms with Gasteiger partial charge >= 0.3 is 0 Å². The molecule has 0 aliphatic rings. The van der Waals surface area contributed by atoms with Crippen molar-refractivity contribution in [3.63, 3.8) is 0 Å². The lowest BCUT2D eigenvalue weighted by atomic mass is 9.90. The van der Waals surface area contributed by atoms with Gasteiger partial charge in [-0.05, 0) is 31.7 Å². The van der Waals surface area contributed by atoms with E-state index >= 15 is 0 Å². The van der Waals surface area contributed by atoms with E-state index in [1.807, 2.05) is 26.0 Å². The fourth-order valence-electron chi connectivity index (χ4n) is 1.40. The Morgan fingerprint density at radius 2 is 2.06 bits per heavy atom. The minimum Gasteiger partial charge on any atom is -0.475 e. The summed E-state index contributed by atoms with van der Waals surface area (Å²) in [6, 6.07) is 5.96. The number of pyridine rings is 1. The molecule has 0 radical (unpaired) electrons. The van der Waals surface area contributed by atoms with Gasteiger partial charge in [-0.2, -0.15) is 0 Å². The van der Waals surface area contributed by atoms with Gasteiger partial charge < -0.3 is 4.74 Å². The van der Waals surface area contributed by atoms with Crippen LogP contribution >= 0.6 is 15.9 Å². The fraction of sp³-hybridized carbons (Fsp3) is 0.615. The summed E-state index contributed by atoms with van der Waals surface area (Å²) in [5, 5.41) is 0.969. The molecule has 0 atom stereocenters. The molecule has 0 aliphatic carbocycles. The van der Waals surface area contributed by atoms with Gasteiger partial charge in [-0.15, -0.1) is 0 Å². The first kappa shape index (κ1) is 13.5. The van der Waals surface area contributed by atoms with E-state index in [1.54, 1.807) is 0 Å². The van der Waals surface area contributed by atoms with Crippen LogP contribution in [0.15, 0.2) is 18.2 Å². The van der Waals surface area contributed by atoms with Gasteiger partial charge in [0.25, 0.3) is 0 Å². The van der Waals surface area contributed by atoms with Crippen molar-refractivity contribution in [3.05, 3.63) is 23.9 Å². The van der Waals surface area contributed by atoms with Gasteiger partial charge in [0.1, 0.15) is 0 Å². The lowest BCUT2D eigenvalue weighted by Gasteiger charge is -2.21. The highest BCUT2D eigenvalue weighted by Crippen LogP contribution is 2.24. The van der Waals surface area contributed by atoms with Gasteiger partial charge in [-0.25, -0.2) is 4.98 Å². The minimum atomic E-state index is 0.173. The Bertz CT molecular complexity index is 336. The third kappa shape index (κ3) is 4.52. The molecule has 3 heteroatoms. The maximum Gasteiger partial charge on any atom is 0.213 e. The van der Waals surface area contributed by atoms with E-state index in [0.29, 0.717) is 0 Å². The van der Waals surface area contributed by atoms with Crippen LogP contribution in [-0.4, -0.2) is 16.4 Å². The van der Waals surface area contributed by atoms with Crippen molar-refractivity contribution in [1.29, 1.82) is 0 Å². The van der Waals surface area contributed by atoms with Crippen LogP contribution in [-0.2, 0) is 6.42 Å². The highest BCUT2D eigenvalue weighted by molar-refractivity contribution is 9.09. The first-order valence-electron chi connectivity index (χ1n) is 5.61. The number of halogens is 1. The molecule has 90 valence electrons. The van der Waals surface area contributed by atoms with Crippen LogP contribution < -0.4 is 4.74 Å². The zero-order valence-electron chi connectivity index (χ0n) is 10.5. The Hall–Kier alpha value is -0.570. The van der Waals surface area contributed by atoms with Crippen molar-refractivity contribution in [3.8, 4) is 5.88 Å². The Kier molecular flexibility index (Phi) is 4.78. The van der Waals surface area contributed by atoms with Crippen LogP contribution in [0.25, 0.3) is 0 Å². The number of hydrogen-bond donors (Lipinski definition) is 0. The van der Waals surface area contributed by atoms with E-state index in [-0.39, 0.29) is 11.5 Å². The van der Waals surface area contributed by atoms with Crippen LogP contribution in [0.1, 0.15) is 33.4 Å². The predicted molar refractivity (Wildman–Crippen MR) is 71.3 cm³/mol. The third-order valence-corrected chi connectivity index (χ3v) is 3.68. The molecule has 0 unspecified atom stereocenters. The second kappa shape index (κ2) is 5.67. The maximum atomic E-state index is 5.58. The van der Waals surface area contributed by atoms with Gasteiger partial charge in [0.05, 0.1) is 6.10 Å². The summed E-state index contributed by atoms with van der Waals surface area (Å²) in [7, 11) is 0. The molecule has 1 heterocycles. The third-order valence-electron chi connectivity index (χ3n) is 2.16. The molecule has 1 aromatic heterocycles. The second-order valence-electron chi connectivity index (χ2n) is 5.11. The van der Waals surface area contributed by atoms with E-state index in [1.165, 1.54) is 0 Å². The Balaban J connectivity index is 2.74. The van der Waals surface area contributed by atoms with Crippen LogP contribution in [0.3, 0.4) is 0 Å². The number of aromatic nitrogens is 1. The number of hydrogen-bond acceptors (Lipinski definition) is 2. The van der Waals surface area contributed by atoms with Gasteiger partial charge in [0.2, 0.25) is 5.88 Å². The van der Waals surface area contributed by atoms with Crippen LogP contribution in [0, 0.1) is 5.41 Å². The standard InChI is InChI=1S/C13H20BrNO/c1-10(2)16-12-7-5-6-11(15-12)8-13(3,4)9-14/h5-7,10H,8-9H2,1-4H3. The van der Waals surface area contributed by atoms with E-state index in [4.69, 9.17) is 4.74 Å². The second-order valence-corrected chi connectivity index (χ2v) is 5.67. The smallest absolute Gasteiger partial charge is 0.213 e. The molecule has 2 nitrogen and oxygen atoms in total. The normalized spacial score (nSPS) is 11.9. The molecule has 1 rings (SSSR count). The molecule has 16 heavy (non-hydrogen) atoms. The summed E-state index contributed by atoms with van der Waals surface area (Å²) in [5.41, 5.74) is 1.31. The molecule has 0 N–H and O–H groups in total. The average molecular weight is 286 g/mol. The van der Waals surface area contributed by atoms with Crippen LogP contribution in [0.5, 0.6) is 5.88 Å². The summed E-state index contributed by atoms with van der Waals surface area (Å²) in [6.07, 6.45) is 1.13. The zero-order chi connectivity index (χ0) is 12.2. The molecule has 0 bridgehead atoms. The number of ether oxygens (including phenoxy) is 1. The van der Waals surface area contributed by atoms with Crippen molar-refractivity contribution in [2.45, 2.75) is 40.2 Å². The lowest BCUT2D eigenvalue weighted by molar-refractivity contribution is 0.231. The van der Waals surface area contributed by atoms with Gasteiger partial charge in [-0.3, -0.25) is 0 Å². The van der Waals surface area contributed by atoms with Crippen LogP contribution in [0.4, 0.5) is 0 Å². The Labute approximate surface area is 107 Å². The number of rotatable bonds is 5. The van der Waals surface area contributed by atoms with Gasteiger partial charge in [-0.1, -0.05) is 35.8 Å². The topological polar surface area (TPSA) is 22.1 Å².